The van der Waals surface area contributed by atoms with Crippen LogP contribution in [0.25, 0.3) is 0 Å². The lowest BCUT2D eigenvalue weighted by Crippen LogP contribution is -2.30. The molecule has 0 saturated carbocycles. The zero-order chi connectivity index (χ0) is 17.6. The molecule has 3 rings (SSSR count). The lowest BCUT2D eigenvalue weighted by molar-refractivity contribution is -0.383. The van der Waals surface area contributed by atoms with Crippen LogP contribution in [0.4, 0.5) is 23.1 Å². The van der Waals surface area contributed by atoms with Crippen molar-refractivity contribution in [1.82, 2.24) is 20.4 Å². The van der Waals surface area contributed by atoms with Crippen molar-refractivity contribution < 1.29 is 14.1 Å². The molecule has 0 aromatic carbocycles. The Labute approximate surface area is 140 Å². The summed E-state index contributed by atoms with van der Waals surface area (Å²) in [4.78, 5) is 34.2. The van der Waals surface area contributed by atoms with Crippen molar-refractivity contribution in [1.29, 1.82) is 0 Å². The predicted molar refractivity (Wildman–Crippen MR) is 86.0 cm³/mol. The maximum Gasteiger partial charge on any atom is 0.355 e. The van der Waals surface area contributed by atoms with E-state index in [-0.39, 0.29) is 17.4 Å². The molecular formula is C14H11N7O4. The van der Waals surface area contributed by atoms with Crippen molar-refractivity contribution in [2.45, 2.75) is 0 Å². The van der Waals surface area contributed by atoms with Gasteiger partial charge in [0.05, 0.1) is 11.2 Å². The maximum absolute atomic E-state index is 11.8. The number of nitrogens with zero attached hydrogens (tertiary/aromatic N) is 4. The Morgan fingerprint density at radius 2 is 1.96 bits per heavy atom. The van der Waals surface area contributed by atoms with E-state index < -0.39 is 16.5 Å². The minimum atomic E-state index is -0.674. The van der Waals surface area contributed by atoms with Crippen LogP contribution in [0, 0.1) is 10.1 Å². The van der Waals surface area contributed by atoms with Gasteiger partial charge in [-0.15, -0.1) is 0 Å². The highest BCUT2D eigenvalue weighted by atomic mass is 16.6. The van der Waals surface area contributed by atoms with E-state index >= 15 is 0 Å². The maximum atomic E-state index is 11.8. The molecule has 0 bridgehead atoms. The van der Waals surface area contributed by atoms with E-state index in [2.05, 4.69) is 31.1 Å². The van der Waals surface area contributed by atoms with Crippen LogP contribution in [0.2, 0.25) is 0 Å². The number of furan rings is 1. The molecule has 126 valence electrons. The molecule has 25 heavy (non-hydrogen) atoms. The minimum Gasteiger partial charge on any atom is -0.459 e. The van der Waals surface area contributed by atoms with Gasteiger partial charge in [-0.25, -0.2) is 15.0 Å². The third-order valence-corrected chi connectivity index (χ3v) is 2.96. The molecule has 1 amide bonds. The Hall–Kier alpha value is -4.02. The average molecular weight is 341 g/mol. The van der Waals surface area contributed by atoms with Crippen LogP contribution in [-0.2, 0) is 0 Å². The highest BCUT2D eigenvalue weighted by Gasteiger charge is 2.24. The molecule has 3 aromatic rings. The standard InChI is InChI=1S/C14H11N7O4/c22-14(9-4-3-7-25-9)20-19-13-11(21(23)24)12(16-8-17-13)18-10-5-1-2-6-15-10/h1-8H,(H,20,22)(H2,15,16,17,18,19). The number of pyridine rings is 1. The number of carbonyl (C=O) groups is 1. The number of carbonyl (C=O) groups excluding carboxylic acids is 1. The second-order valence-electron chi connectivity index (χ2n) is 4.57. The minimum absolute atomic E-state index is 0.0380. The third-order valence-electron chi connectivity index (χ3n) is 2.96. The summed E-state index contributed by atoms with van der Waals surface area (Å²) in [6.07, 6.45) is 3.97. The van der Waals surface area contributed by atoms with Gasteiger partial charge in [0.15, 0.2) is 5.76 Å². The number of hydrogen-bond donors (Lipinski definition) is 3. The van der Waals surface area contributed by atoms with Gasteiger partial charge in [0, 0.05) is 6.20 Å². The van der Waals surface area contributed by atoms with Crippen molar-refractivity contribution in [2.24, 2.45) is 0 Å². The first-order valence-electron chi connectivity index (χ1n) is 6.92. The summed E-state index contributed by atoms with van der Waals surface area (Å²) in [5, 5.41) is 14.1. The molecule has 3 N–H and O–H groups in total. The largest absolute Gasteiger partial charge is 0.459 e. The molecule has 0 atom stereocenters. The number of aromatic nitrogens is 3. The average Bonchev–Trinajstić information content (AvgIpc) is 3.15. The summed E-state index contributed by atoms with van der Waals surface area (Å²) < 4.78 is 4.92. The highest BCUT2D eigenvalue weighted by Crippen LogP contribution is 2.30. The molecule has 0 spiro atoms. The number of hydrogen-bond acceptors (Lipinski definition) is 9. The third kappa shape index (κ3) is 3.67. The molecule has 0 aliphatic rings. The molecule has 3 aromatic heterocycles. The summed E-state index contributed by atoms with van der Waals surface area (Å²) in [6.45, 7) is 0. The number of amides is 1. The van der Waals surface area contributed by atoms with Crippen molar-refractivity contribution in [2.75, 3.05) is 10.7 Å². The molecule has 11 nitrogen and oxygen atoms in total. The van der Waals surface area contributed by atoms with Crippen LogP contribution in [-0.4, -0.2) is 25.8 Å². The van der Waals surface area contributed by atoms with E-state index in [1.807, 2.05) is 0 Å². The van der Waals surface area contributed by atoms with E-state index in [0.717, 1.165) is 6.33 Å². The van der Waals surface area contributed by atoms with E-state index in [1.54, 1.807) is 18.2 Å². The molecule has 0 saturated heterocycles. The summed E-state index contributed by atoms with van der Waals surface area (Å²) in [7, 11) is 0. The van der Waals surface area contributed by atoms with E-state index in [0.29, 0.717) is 5.82 Å². The normalized spacial score (nSPS) is 10.1. The van der Waals surface area contributed by atoms with Crippen LogP contribution in [0.1, 0.15) is 10.6 Å². The molecule has 0 aliphatic heterocycles. The van der Waals surface area contributed by atoms with Crippen LogP contribution in [0.5, 0.6) is 0 Å². The second-order valence-corrected chi connectivity index (χ2v) is 4.57. The van der Waals surface area contributed by atoms with Crippen molar-refractivity contribution in [3.05, 3.63) is 65.0 Å². The Balaban J connectivity index is 1.82. The summed E-state index contributed by atoms with van der Waals surface area (Å²) in [6, 6.07) is 8.02. The van der Waals surface area contributed by atoms with Crippen molar-refractivity contribution in [3.8, 4) is 0 Å². The van der Waals surface area contributed by atoms with Gasteiger partial charge in [0.2, 0.25) is 11.6 Å². The van der Waals surface area contributed by atoms with Gasteiger partial charge in [-0.3, -0.25) is 25.8 Å². The second kappa shape index (κ2) is 7.04. The molecule has 0 unspecified atom stereocenters. The first-order valence-corrected chi connectivity index (χ1v) is 6.92. The molecule has 0 radical (unpaired) electrons. The number of nitrogens with one attached hydrogen (secondary N) is 3. The van der Waals surface area contributed by atoms with Gasteiger partial charge < -0.3 is 9.73 Å². The Kier molecular flexibility index (Phi) is 4.46. The SMILES string of the molecule is O=C(NNc1ncnc(Nc2ccccn2)c1[N+](=O)[O-])c1ccco1. The van der Waals surface area contributed by atoms with Gasteiger partial charge in [-0.2, -0.15) is 0 Å². The Morgan fingerprint density at radius 1 is 1.12 bits per heavy atom. The summed E-state index contributed by atoms with van der Waals surface area (Å²) >= 11 is 0. The topological polar surface area (TPSA) is 148 Å². The number of rotatable bonds is 6. The molecule has 11 heteroatoms. The fourth-order valence-electron chi connectivity index (χ4n) is 1.88. The fourth-order valence-corrected chi connectivity index (χ4v) is 1.88. The summed E-state index contributed by atoms with van der Waals surface area (Å²) in [5.41, 5.74) is 4.21. The van der Waals surface area contributed by atoms with E-state index in [4.69, 9.17) is 4.42 Å². The van der Waals surface area contributed by atoms with Gasteiger partial charge in [-0.05, 0) is 24.3 Å². The molecule has 0 aliphatic carbocycles. The van der Waals surface area contributed by atoms with Crippen molar-refractivity contribution in [3.63, 3.8) is 0 Å². The zero-order valence-electron chi connectivity index (χ0n) is 12.5. The van der Waals surface area contributed by atoms with Gasteiger partial charge >= 0.3 is 11.6 Å². The van der Waals surface area contributed by atoms with Crippen LogP contribution in [0.3, 0.4) is 0 Å². The highest BCUT2D eigenvalue weighted by molar-refractivity contribution is 5.92. The van der Waals surface area contributed by atoms with Crippen LogP contribution >= 0.6 is 0 Å². The summed E-state index contributed by atoms with van der Waals surface area (Å²) in [5.74, 6) is -0.477. The number of hydrazine groups is 1. The van der Waals surface area contributed by atoms with Gasteiger partial charge in [-0.1, -0.05) is 6.07 Å². The lowest BCUT2D eigenvalue weighted by Gasteiger charge is -2.09. The monoisotopic (exact) mass is 341 g/mol. The lowest BCUT2D eigenvalue weighted by atomic mass is 10.4. The number of nitro groups is 1. The quantitative estimate of drug-likeness (QED) is 0.451. The number of anilines is 3. The Bertz CT molecular complexity index is 883. The fraction of sp³-hybridized carbons (Fsp3) is 0. The van der Waals surface area contributed by atoms with Gasteiger partial charge in [0.1, 0.15) is 12.1 Å². The molecule has 0 fully saturated rings. The first kappa shape index (κ1) is 15.9. The molecular weight excluding hydrogens is 330 g/mol. The smallest absolute Gasteiger partial charge is 0.355 e. The molecule has 3 heterocycles. The Morgan fingerprint density at radius 3 is 2.64 bits per heavy atom. The van der Waals surface area contributed by atoms with E-state index in [9.17, 15) is 14.9 Å². The predicted octanol–water partition coefficient (Wildman–Crippen LogP) is 1.87. The first-order chi connectivity index (χ1) is 12.1. The zero-order valence-corrected chi connectivity index (χ0v) is 12.5. The van der Waals surface area contributed by atoms with Gasteiger partial charge in [0.25, 0.3) is 0 Å². The van der Waals surface area contributed by atoms with E-state index in [1.165, 1.54) is 24.6 Å². The van der Waals surface area contributed by atoms with Crippen molar-refractivity contribution >= 4 is 29.0 Å². The van der Waals surface area contributed by atoms with Crippen LogP contribution < -0.4 is 16.2 Å². The van der Waals surface area contributed by atoms with Crippen LogP contribution in [0.15, 0.2) is 53.5 Å².